The van der Waals surface area contributed by atoms with Crippen molar-refractivity contribution in [3.8, 4) is 0 Å². The number of aliphatic carboxylic acids is 1. The van der Waals surface area contributed by atoms with E-state index in [0.29, 0.717) is 0 Å². The summed E-state index contributed by atoms with van der Waals surface area (Å²) in [5.41, 5.74) is 0.176. The zero-order valence-electron chi connectivity index (χ0n) is 7.98. The predicted molar refractivity (Wildman–Crippen MR) is 49.4 cm³/mol. The van der Waals surface area contributed by atoms with Crippen molar-refractivity contribution in [2.45, 2.75) is 6.92 Å². The van der Waals surface area contributed by atoms with Gasteiger partial charge in [-0.25, -0.2) is 4.79 Å². The fourth-order valence-corrected chi connectivity index (χ4v) is 0.475. The maximum atomic E-state index is 10.4. The van der Waals surface area contributed by atoms with Gasteiger partial charge in [0.2, 0.25) is 0 Å². The van der Waals surface area contributed by atoms with Crippen LogP contribution >= 0.6 is 0 Å². The van der Waals surface area contributed by atoms with Gasteiger partial charge in [0.15, 0.2) is 0 Å². The first kappa shape index (κ1) is 12.1. The van der Waals surface area contributed by atoms with Crippen molar-refractivity contribution in [1.29, 1.82) is 0 Å². The molecular weight excluding hydrogens is 186 g/mol. The van der Waals surface area contributed by atoms with Gasteiger partial charge in [0.1, 0.15) is 0 Å². The van der Waals surface area contributed by atoms with Crippen LogP contribution in [0.15, 0.2) is 24.3 Å². The number of hydrogen-bond acceptors (Lipinski definition) is 3. The molecule has 0 aliphatic carbocycles. The van der Waals surface area contributed by atoms with Crippen LogP contribution in [-0.2, 0) is 14.4 Å². The predicted octanol–water partition coefficient (Wildman–Crippen LogP) is 0.188. The molecule has 0 bridgehead atoms. The van der Waals surface area contributed by atoms with Gasteiger partial charge in [-0.2, -0.15) is 0 Å². The van der Waals surface area contributed by atoms with Crippen LogP contribution in [0.4, 0.5) is 0 Å². The number of carbonyl (C=O) groups excluding carboxylic acids is 2. The first-order valence-corrected chi connectivity index (χ1v) is 3.74. The number of carboxylic acid groups (broad SMARTS) is 1. The molecular formula is C9H11NO4. The SMILES string of the molecule is C=C(C)C(=O)O.CN1C(=O)C=CC1=O. The van der Waals surface area contributed by atoms with Gasteiger partial charge in [0, 0.05) is 24.8 Å². The van der Waals surface area contributed by atoms with Crippen molar-refractivity contribution >= 4 is 17.8 Å². The second-order valence-electron chi connectivity index (χ2n) is 2.65. The molecule has 0 spiro atoms. The number of carbonyl (C=O) groups is 3. The molecule has 1 N–H and O–H groups in total. The summed E-state index contributed by atoms with van der Waals surface area (Å²) in [6.07, 6.45) is 2.50. The van der Waals surface area contributed by atoms with Crippen LogP contribution in [0.2, 0.25) is 0 Å². The van der Waals surface area contributed by atoms with E-state index in [4.69, 9.17) is 5.11 Å². The molecule has 1 heterocycles. The number of amides is 2. The van der Waals surface area contributed by atoms with Gasteiger partial charge >= 0.3 is 5.97 Å². The Labute approximate surface area is 81.3 Å². The van der Waals surface area contributed by atoms with Gasteiger partial charge in [-0.15, -0.1) is 0 Å². The summed E-state index contributed by atoms with van der Waals surface area (Å²) in [5, 5.41) is 7.89. The summed E-state index contributed by atoms with van der Waals surface area (Å²) in [7, 11) is 1.45. The standard InChI is InChI=1S/C5H5NO2.C4H6O2/c1-6-4(7)2-3-5(6)8;1-3(2)4(5)6/h2-3H,1H3;1H2,2H3,(H,5,6). The Balaban J connectivity index is 0.000000255. The Bertz CT molecular complexity index is 287. The number of imide groups is 1. The maximum absolute atomic E-state index is 10.4. The number of nitrogens with zero attached hydrogens (tertiary/aromatic N) is 1. The molecule has 14 heavy (non-hydrogen) atoms. The van der Waals surface area contributed by atoms with Crippen LogP contribution in [0.5, 0.6) is 0 Å². The number of likely N-dealkylation sites (N-methyl/N-ethyl adjacent to an activating group) is 1. The third kappa shape index (κ3) is 3.66. The Morgan fingerprint density at radius 2 is 1.64 bits per heavy atom. The summed E-state index contributed by atoms with van der Waals surface area (Å²) in [6.45, 7) is 4.60. The topological polar surface area (TPSA) is 74.7 Å². The van der Waals surface area contributed by atoms with Crippen molar-refractivity contribution in [1.82, 2.24) is 4.90 Å². The molecule has 5 heteroatoms. The highest BCUT2D eigenvalue weighted by Crippen LogP contribution is 1.97. The summed E-state index contributed by atoms with van der Waals surface area (Å²) in [4.78, 5) is 31.5. The molecule has 5 nitrogen and oxygen atoms in total. The van der Waals surface area contributed by atoms with Crippen molar-refractivity contribution in [3.05, 3.63) is 24.3 Å². The Morgan fingerprint density at radius 1 is 1.36 bits per heavy atom. The van der Waals surface area contributed by atoms with E-state index < -0.39 is 5.97 Å². The van der Waals surface area contributed by atoms with Gasteiger partial charge in [-0.05, 0) is 6.92 Å². The van der Waals surface area contributed by atoms with E-state index in [0.717, 1.165) is 4.90 Å². The average Bonchev–Trinajstić information content (AvgIpc) is 2.37. The highest BCUT2D eigenvalue weighted by Gasteiger charge is 2.17. The Hall–Kier alpha value is -1.91. The molecule has 0 saturated carbocycles. The first-order valence-electron chi connectivity index (χ1n) is 3.74. The zero-order chi connectivity index (χ0) is 11.3. The molecule has 0 fully saturated rings. The smallest absolute Gasteiger partial charge is 0.330 e. The summed E-state index contributed by atoms with van der Waals surface area (Å²) in [6, 6.07) is 0. The lowest BCUT2D eigenvalue weighted by atomic mass is 10.4. The molecule has 0 aromatic rings. The Morgan fingerprint density at radius 3 is 1.71 bits per heavy atom. The average molecular weight is 197 g/mol. The molecule has 1 aliphatic rings. The molecule has 0 aromatic carbocycles. The fraction of sp³-hybridized carbons (Fsp3) is 0.222. The van der Waals surface area contributed by atoms with Crippen LogP contribution in [0.25, 0.3) is 0 Å². The molecule has 0 atom stereocenters. The molecule has 1 aliphatic heterocycles. The minimum atomic E-state index is -0.935. The maximum Gasteiger partial charge on any atom is 0.330 e. The molecule has 1 rings (SSSR count). The largest absolute Gasteiger partial charge is 0.478 e. The van der Waals surface area contributed by atoms with E-state index in [1.54, 1.807) is 0 Å². The van der Waals surface area contributed by atoms with Gasteiger partial charge in [-0.3, -0.25) is 14.5 Å². The van der Waals surface area contributed by atoms with E-state index in [-0.39, 0.29) is 17.4 Å². The minimum Gasteiger partial charge on any atom is -0.478 e. The monoisotopic (exact) mass is 197 g/mol. The number of carboxylic acids is 1. The van der Waals surface area contributed by atoms with Crippen molar-refractivity contribution < 1.29 is 19.5 Å². The quantitative estimate of drug-likeness (QED) is 0.481. The summed E-state index contributed by atoms with van der Waals surface area (Å²) in [5.74, 6) is -1.42. The molecule has 0 aromatic heterocycles. The summed E-state index contributed by atoms with van der Waals surface area (Å²) >= 11 is 0. The lowest BCUT2D eigenvalue weighted by Gasteiger charge is -2.01. The molecule has 0 unspecified atom stereocenters. The van der Waals surface area contributed by atoms with Crippen LogP contribution in [0, 0.1) is 0 Å². The minimum absolute atomic E-state index is 0.176. The van der Waals surface area contributed by atoms with Crippen molar-refractivity contribution in [2.24, 2.45) is 0 Å². The highest BCUT2D eigenvalue weighted by atomic mass is 16.4. The third-order valence-corrected chi connectivity index (χ3v) is 1.39. The first-order chi connectivity index (χ1) is 6.36. The Kier molecular flexibility index (Phi) is 4.28. The van der Waals surface area contributed by atoms with Gasteiger partial charge in [0.05, 0.1) is 0 Å². The number of hydrogen-bond donors (Lipinski definition) is 1. The van der Waals surface area contributed by atoms with Gasteiger partial charge in [0.25, 0.3) is 11.8 Å². The lowest BCUT2D eigenvalue weighted by Crippen LogP contribution is -2.24. The molecule has 0 radical (unpaired) electrons. The van der Waals surface area contributed by atoms with Gasteiger partial charge < -0.3 is 5.11 Å². The molecule has 0 saturated heterocycles. The van der Waals surface area contributed by atoms with Crippen LogP contribution in [0.3, 0.4) is 0 Å². The van der Waals surface area contributed by atoms with Crippen LogP contribution in [-0.4, -0.2) is 34.8 Å². The highest BCUT2D eigenvalue weighted by molar-refractivity contribution is 6.12. The van der Waals surface area contributed by atoms with E-state index in [1.165, 1.54) is 26.1 Å². The second-order valence-corrected chi connectivity index (χ2v) is 2.65. The summed E-state index contributed by atoms with van der Waals surface area (Å²) < 4.78 is 0. The normalized spacial score (nSPS) is 13.7. The zero-order valence-corrected chi connectivity index (χ0v) is 7.98. The van der Waals surface area contributed by atoms with E-state index >= 15 is 0 Å². The van der Waals surface area contributed by atoms with Crippen molar-refractivity contribution in [2.75, 3.05) is 7.05 Å². The van der Waals surface area contributed by atoms with Crippen LogP contribution < -0.4 is 0 Å². The lowest BCUT2D eigenvalue weighted by molar-refractivity contribution is -0.135. The van der Waals surface area contributed by atoms with Crippen molar-refractivity contribution in [3.63, 3.8) is 0 Å². The van der Waals surface area contributed by atoms with E-state index in [2.05, 4.69) is 6.58 Å². The van der Waals surface area contributed by atoms with Gasteiger partial charge in [-0.1, -0.05) is 6.58 Å². The fourth-order valence-electron chi connectivity index (χ4n) is 0.475. The molecule has 2 amide bonds. The van der Waals surface area contributed by atoms with E-state index in [9.17, 15) is 14.4 Å². The van der Waals surface area contributed by atoms with E-state index in [1.807, 2.05) is 0 Å². The third-order valence-electron chi connectivity index (χ3n) is 1.39. The number of rotatable bonds is 1. The molecule has 76 valence electrons. The van der Waals surface area contributed by atoms with Crippen LogP contribution in [0.1, 0.15) is 6.92 Å². The second kappa shape index (κ2) is 4.96.